The number of aliphatic hydroxyl groups is 1. The van der Waals surface area contributed by atoms with Crippen molar-refractivity contribution in [3.8, 4) is 33.3 Å². The van der Waals surface area contributed by atoms with Crippen molar-refractivity contribution >= 4 is 40.0 Å². The van der Waals surface area contributed by atoms with E-state index in [2.05, 4.69) is 35.7 Å². The third-order valence-corrected chi connectivity index (χ3v) is 13.8. The first-order valence-electron chi connectivity index (χ1n) is 22.9. The van der Waals surface area contributed by atoms with Gasteiger partial charge in [0.2, 0.25) is 11.8 Å². The fourth-order valence-electron chi connectivity index (χ4n) is 9.19. The Morgan fingerprint density at radius 3 is 2.49 bits per heavy atom. The van der Waals surface area contributed by atoms with Crippen LogP contribution in [0.15, 0.2) is 70.7 Å². The number of thiazole rings is 1. The molecular formula is C48H60N10O6S. The molecule has 2 aliphatic rings. The highest BCUT2D eigenvalue weighted by Gasteiger charge is 2.43. The molecule has 5 N–H and O–H groups in total. The molecule has 2 saturated heterocycles. The smallest absolute Gasteiger partial charge is 0.254 e. The van der Waals surface area contributed by atoms with Crippen molar-refractivity contribution in [2.24, 2.45) is 5.92 Å². The number of benzene rings is 2. The molecular weight excluding hydrogens is 845 g/mol. The molecule has 8 rings (SSSR count). The van der Waals surface area contributed by atoms with E-state index >= 15 is 0 Å². The van der Waals surface area contributed by atoms with E-state index in [9.17, 15) is 19.8 Å². The van der Waals surface area contributed by atoms with Gasteiger partial charge in [-0.1, -0.05) is 69.5 Å². The Kier molecular flexibility index (Phi) is 14.4. The van der Waals surface area contributed by atoms with Crippen molar-refractivity contribution in [1.29, 1.82) is 0 Å². The van der Waals surface area contributed by atoms with Gasteiger partial charge in [-0.2, -0.15) is 5.10 Å². The lowest BCUT2D eigenvalue weighted by Gasteiger charge is -2.32. The number of nitrogens with zero attached hydrogens (tertiary/aromatic N) is 8. The van der Waals surface area contributed by atoms with E-state index in [0.29, 0.717) is 40.8 Å². The van der Waals surface area contributed by atoms with Crippen molar-refractivity contribution < 1.29 is 29.1 Å². The fourth-order valence-corrected chi connectivity index (χ4v) is 10.0. The number of likely N-dealkylation sites (tertiary alicyclic amines) is 2. The number of amides is 2. The summed E-state index contributed by atoms with van der Waals surface area (Å²) in [5.41, 5.74) is 13.7. The molecule has 2 fully saturated rings. The minimum absolute atomic E-state index is 0.0633. The number of nitrogens with one attached hydrogen (secondary N) is 1. The van der Waals surface area contributed by atoms with Gasteiger partial charge in [-0.25, -0.2) is 4.98 Å². The second kappa shape index (κ2) is 20.5. The normalized spacial score (nSPS) is 18.1. The number of aromatic nitrogens is 6. The lowest BCUT2D eigenvalue weighted by Crippen LogP contribution is -2.48. The van der Waals surface area contributed by atoms with E-state index in [-0.39, 0.29) is 48.5 Å². The molecule has 4 atom stereocenters. The average Bonchev–Trinajstić information content (AvgIpc) is 4.11. The topological polar surface area (TPSA) is 211 Å². The number of nitrogen functional groups attached to an aromatic ring is 1. The van der Waals surface area contributed by atoms with Gasteiger partial charge in [0, 0.05) is 37.7 Å². The fraction of sp³-hybridized carbons (Fsp3) is 0.479. The lowest BCUT2D eigenvalue weighted by atomic mass is 9.91. The van der Waals surface area contributed by atoms with Crippen molar-refractivity contribution in [3.05, 3.63) is 83.2 Å². The number of β-amino-alcohol motifs (C(OH)–C–C–N with tert-alkyl or cyclic N) is 1. The molecule has 2 aromatic carbocycles. The molecule has 0 bridgehead atoms. The van der Waals surface area contributed by atoms with Gasteiger partial charge in [0.05, 0.1) is 52.1 Å². The number of nitrogens with two attached hydrogens (primary N) is 1. The van der Waals surface area contributed by atoms with Crippen molar-refractivity contribution in [2.75, 3.05) is 38.5 Å². The van der Waals surface area contributed by atoms with Crippen LogP contribution in [0.3, 0.4) is 0 Å². The van der Waals surface area contributed by atoms with E-state index in [1.165, 1.54) is 4.90 Å². The summed E-state index contributed by atoms with van der Waals surface area (Å²) < 4.78 is 13.6. The summed E-state index contributed by atoms with van der Waals surface area (Å²) in [5, 5.41) is 41.5. The number of phenolic OH excluding ortho intramolecular Hbond substituents is 1. The molecule has 6 heterocycles. The quantitative estimate of drug-likeness (QED) is 0.0619. The van der Waals surface area contributed by atoms with Gasteiger partial charge in [-0.15, -0.1) is 21.5 Å². The zero-order valence-corrected chi connectivity index (χ0v) is 38.4. The molecule has 2 aliphatic heterocycles. The number of para-hydroxylation sites is 1. The van der Waals surface area contributed by atoms with E-state index < -0.39 is 18.1 Å². The second-order valence-corrected chi connectivity index (χ2v) is 18.7. The molecule has 0 spiro atoms. The van der Waals surface area contributed by atoms with Crippen LogP contribution < -0.4 is 15.8 Å². The van der Waals surface area contributed by atoms with Crippen LogP contribution in [-0.2, 0) is 9.59 Å². The first kappa shape index (κ1) is 45.7. The highest BCUT2D eigenvalue weighted by atomic mass is 32.1. The largest absolute Gasteiger partial charge is 0.507 e. The van der Waals surface area contributed by atoms with Crippen LogP contribution in [0.2, 0.25) is 0 Å². The number of unbranched alkanes of at least 4 members (excludes halogenated alkanes) is 4. The number of carbonyl (C=O) groups is 2. The Labute approximate surface area is 383 Å². The van der Waals surface area contributed by atoms with Crippen LogP contribution >= 0.6 is 11.3 Å². The lowest BCUT2D eigenvalue weighted by molar-refractivity contribution is -0.141. The summed E-state index contributed by atoms with van der Waals surface area (Å²) in [6.45, 7) is 11.3. The third kappa shape index (κ3) is 10.5. The molecule has 0 radical (unpaired) electrons. The second-order valence-electron chi connectivity index (χ2n) is 17.8. The van der Waals surface area contributed by atoms with Gasteiger partial charge in [-0.05, 0) is 86.5 Å². The van der Waals surface area contributed by atoms with Crippen LogP contribution in [-0.4, -0.2) is 107 Å². The molecule has 4 aromatic heterocycles. The van der Waals surface area contributed by atoms with Gasteiger partial charge >= 0.3 is 0 Å². The maximum Gasteiger partial charge on any atom is 0.254 e. The highest BCUT2D eigenvalue weighted by Crippen LogP contribution is 2.35. The van der Waals surface area contributed by atoms with Gasteiger partial charge in [0.25, 0.3) is 5.88 Å². The van der Waals surface area contributed by atoms with Gasteiger partial charge in [-0.3, -0.25) is 14.3 Å². The van der Waals surface area contributed by atoms with E-state index in [0.717, 1.165) is 91.8 Å². The van der Waals surface area contributed by atoms with Crippen LogP contribution in [0.1, 0.15) is 107 Å². The Morgan fingerprint density at radius 1 is 1.00 bits per heavy atom. The van der Waals surface area contributed by atoms with Crippen LogP contribution in [0.4, 0.5) is 5.82 Å². The van der Waals surface area contributed by atoms with Crippen LogP contribution in [0.5, 0.6) is 11.6 Å². The minimum Gasteiger partial charge on any atom is -0.507 e. The molecule has 16 nitrogen and oxygen atoms in total. The summed E-state index contributed by atoms with van der Waals surface area (Å²) in [7, 11) is 0. The number of fused-ring (bicyclic) bond motifs is 1. The number of phenols is 1. The predicted molar refractivity (Wildman–Crippen MR) is 249 cm³/mol. The van der Waals surface area contributed by atoms with E-state index in [4.69, 9.17) is 15.0 Å². The first-order chi connectivity index (χ1) is 31.4. The Bertz CT molecular complexity index is 2550. The summed E-state index contributed by atoms with van der Waals surface area (Å²) in [4.78, 5) is 37.3. The Morgan fingerprint density at radius 2 is 1.75 bits per heavy atom. The molecule has 2 unspecified atom stereocenters. The summed E-state index contributed by atoms with van der Waals surface area (Å²) >= 11 is 1.59. The third-order valence-electron chi connectivity index (χ3n) is 12.8. The standard InChI is InChI=1S/C48H60N10O6S/c1-29(2)43(48(62)57-27-35(59)24-39(57)47(61)51-30(3)32-14-16-33(17-15-32)45-31(4)50-28-65-45)41-26-42(55-64-41)63-23-11-7-5-6-10-20-56-21-18-34(19-22-56)58-38-25-37(36-12-8-9-13-40(36)60)52-53-44(38)46(49)54-58/h8-9,12-17,25-26,28-30,34-35,39,43,59-60H,5-7,10-11,18-24,27H2,1-4H3,(H2,49,54)(H,51,61)/t30?,35-,39+,43?/m1/s1. The molecule has 0 aliphatic carbocycles. The molecule has 0 saturated carbocycles. The van der Waals surface area contributed by atoms with Crippen LogP contribution in [0.25, 0.3) is 32.7 Å². The van der Waals surface area contributed by atoms with Crippen LogP contribution in [0, 0.1) is 12.8 Å². The number of aryl methyl sites for hydroxylation is 1. The summed E-state index contributed by atoms with van der Waals surface area (Å²) in [6, 6.07) is 17.8. The van der Waals surface area contributed by atoms with Crippen molar-refractivity contribution in [2.45, 2.75) is 109 Å². The average molecular weight is 905 g/mol. The number of carbonyl (C=O) groups excluding carboxylic acids is 2. The predicted octanol–water partition coefficient (Wildman–Crippen LogP) is 7.45. The number of rotatable bonds is 18. The first-order valence-corrected chi connectivity index (χ1v) is 23.7. The maximum atomic E-state index is 14.1. The Hall–Kier alpha value is -5.91. The van der Waals surface area contributed by atoms with Crippen molar-refractivity contribution in [1.82, 2.24) is 45.2 Å². The van der Waals surface area contributed by atoms with Gasteiger partial charge < -0.3 is 40.3 Å². The number of anilines is 1. The zero-order valence-electron chi connectivity index (χ0n) is 37.6. The maximum absolute atomic E-state index is 14.1. The molecule has 2 amide bonds. The highest BCUT2D eigenvalue weighted by molar-refractivity contribution is 7.13. The number of aromatic hydroxyl groups is 1. The van der Waals surface area contributed by atoms with Gasteiger partial charge in [0.15, 0.2) is 17.1 Å². The zero-order chi connectivity index (χ0) is 45.6. The monoisotopic (exact) mass is 904 g/mol. The number of piperidine rings is 1. The molecule has 6 aromatic rings. The molecule has 65 heavy (non-hydrogen) atoms. The SMILES string of the molecule is Cc1ncsc1-c1ccc(C(C)NC(=O)[C@@H]2C[C@@H](O)CN2C(=O)C(c2cc(OCCCCCCCN3CCC(n4nc(N)c5nnc(-c6ccccc6O)cc54)CC3)no2)C(C)C)cc1. The van der Waals surface area contributed by atoms with Gasteiger partial charge in [0.1, 0.15) is 17.7 Å². The number of aliphatic hydroxyl groups excluding tert-OH is 1. The Balaban J connectivity index is 0.749. The molecule has 344 valence electrons. The van der Waals surface area contributed by atoms with E-state index in [1.807, 2.05) is 80.4 Å². The number of hydrogen-bond donors (Lipinski definition) is 4. The van der Waals surface area contributed by atoms with Crippen molar-refractivity contribution in [3.63, 3.8) is 0 Å². The number of ether oxygens (including phenoxy) is 1. The summed E-state index contributed by atoms with van der Waals surface area (Å²) in [5.74, 6) is -0.219. The van der Waals surface area contributed by atoms with E-state index in [1.54, 1.807) is 29.5 Å². The summed E-state index contributed by atoms with van der Waals surface area (Å²) in [6.07, 6.45) is 6.51. The molecule has 17 heteroatoms. The minimum atomic E-state index is -0.816. The number of hydrogen-bond acceptors (Lipinski definition) is 14.